The number of halogens is 1. The Kier molecular flexibility index (Phi) is 4.68. The third-order valence-electron chi connectivity index (χ3n) is 2.19. The van der Waals surface area contributed by atoms with Crippen LogP contribution in [0.5, 0.6) is 0 Å². The summed E-state index contributed by atoms with van der Waals surface area (Å²) in [5, 5.41) is 5.13. The van der Waals surface area contributed by atoms with Gasteiger partial charge in [-0.15, -0.1) is 11.3 Å². The van der Waals surface area contributed by atoms with Gasteiger partial charge in [0.25, 0.3) is 0 Å². The van der Waals surface area contributed by atoms with Gasteiger partial charge in [-0.25, -0.2) is 4.98 Å². The predicted molar refractivity (Wildman–Crippen MR) is 82.1 cm³/mol. The molecule has 3 N–H and O–H groups in total. The average Bonchev–Trinajstić information content (AvgIpc) is 2.76. The van der Waals surface area contributed by atoms with Crippen molar-refractivity contribution >= 4 is 52.0 Å². The van der Waals surface area contributed by atoms with Crippen molar-refractivity contribution in [2.75, 3.05) is 16.8 Å². The lowest BCUT2D eigenvalue weighted by molar-refractivity contribution is -0.113. The van der Waals surface area contributed by atoms with Crippen LogP contribution in [0.15, 0.2) is 27.9 Å². The number of benzene rings is 1. The normalized spacial score (nSPS) is 10.4. The quantitative estimate of drug-likeness (QED) is 0.670. The molecule has 7 heteroatoms. The van der Waals surface area contributed by atoms with Gasteiger partial charge in [-0.1, -0.05) is 23.4 Å². The van der Waals surface area contributed by atoms with Crippen molar-refractivity contribution in [3.8, 4) is 0 Å². The number of nitrogens with zero attached hydrogens (tertiary/aromatic N) is 1. The minimum Gasteiger partial charge on any atom is -0.399 e. The molecule has 100 valence electrons. The molecule has 0 saturated carbocycles. The number of hydrogen-bond acceptors (Lipinski definition) is 5. The van der Waals surface area contributed by atoms with E-state index in [2.05, 4.69) is 10.3 Å². The van der Waals surface area contributed by atoms with Gasteiger partial charge in [0.1, 0.15) is 0 Å². The Morgan fingerprint density at radius 3 is 3.00 bits per heavy atom. The van der Waals surface area contributed by atoms with E-state index in [1.807, 2.05) is 12.3 Å². The number of carbonyl (C=O) groups is 1. The summed E-state index contributed by atoms with van der Waals surface area (Å²) in [5.41, 5.74) is 7.69. The van der Waals surface area contributed by atoms with Crippen molar-refractivity contribution in [2.45, 2.75) is 11.3 Å². The Hall–Kier alpha value is -1.24. The van der Waals surface area contributed by atoms with Crippen LogP contribution in [0.4, 0.5) is 11.4 Å². The largest absolute Gasteiger partial charge is 0.399 e. The van der Waals surface area contributed by atoms with E-state index in [1.54, 1.807) is 18.2 Å². The molecule has 0 aliphatic heterocycles. The maximum absolute atomic E-state index is 11.8. The molecule has 4 nitrogen and oxygen atoms in total. The maximum atomic E-state index is 11.8. The summed E-state index contributed by atoms with van der Waals surface area (Å²) >= 11 is 8.92. The summed E-state index contributed by atoms with van der Waals surface area (Å²) in [6.45, 7) is 1.93. The molecule has 0 unspecified atom stereocenters. The van der Waals surface area contributed by atoms with E-state index in [1.165, 1.54) is 23.1 Å². The molecule has 2 aromatic rings. The number of nitrogens with two attached hydrogens (primary N) is 1. The SMILES string of the molecule is Cc1csc(SCC(=O)Nc2ccc(N)cc2Cl)n1. The van der Waals surface area contributed by atoms with E-state index in [0.717, 1.165) is 10.0 Å². The molecular formula is C12H12ClN3OS2. The molecule has 0 aliphatic rings. The molecule has 2 rings (SSSR count). The molecular weight excluding hydrogens is 302 g/mol. The molecule has 0 aliphatic carbocycles. The highest BCUT2D eigenvalue weighted by atomic mass is 35.5. The van der Waals surface area contributed by atoms with Crippen LogP contribution >= 0.6 is 34.7 Å². The second kappa shape index (κ2) is 6.27. The molecule has 0 atom stereocenters. The molecule has 1 amide bonds. The maximum Gasteiger partial charge on any atom is 0.234 e. The van der Waals surface area contributed by atoms with Crippen molar-refractivity contribution in [1.29, 1.82) is 0 Å². The summed E-state index contributed by atoms with van der Waals surface area (Å²) in [6.07, 6.45) is 0. The van der Waals surface area contributed by atoms with E-state index in [4.69, 9.17) is 17.3 Å². The number of aromatic nitrogens is 1. The first kappa shape index (κ1) is 14.2. The Bertz CT molecular complexity index is 600. The zero-order valence-electron chi connectivity index (χ0n) is 10.1. The number of nitrogen functional groups attached to an aromatic ring is 1. The zero-order valence-corrected chi connectivity index (χ0v) is 12.5. The molecule has 19 heavy (non-hydrogen) atoms. The third kappa shape index (κ3) is 4.12. The van der Waals surface area contributed by atoms with Gasteiger partial charge in [-0.2, -0.15) is 0 Å². The van der Waals surface area contributed by atoms with Crippen LogP contribution in [-0.2, 0) is 4.79 Å². The highest BCUT2D eigenvalue weighted by Crippen LogP contribution is 2.25. The Morgan fingerprint density at radius 2 is 2.37 bits per heavy atom. The molecule has 0 spiro atoms. The first-order valence-electron chi connectivity index (χ1n) is 5.44. The lowest BCUT2D eigenvalue weighted by atomic mass is 10.3. The van der Waals surface area contributed by atoms with E-state index in [-0.39, 0.29) is 5.91 Å². The monoisotopic (exact) mass is 313 g/mol. The first-order chi connectivity index (χ1) is 9.04. The molecule has 1 aromatic carbocycles. The van der Waals surface area contributed by atoms with Gasteiger partial charge in [0.05, 0.1) is 16.5 Å². The summed E-state index contributed by atoms with van der Waals surface area (Å²) in [6, 6.07) is 4.99. The fourth-order valence-corrected chi connectivity index (χ4v) is 3.23. The highest BCUT2D eigenvalue weighted by Gasteiger charge is 2.08. The van der Waals surface area contributed by atoms with Crippen LogP contribution in [0.2, 0.25) is 5.02 Å². The standard InChI is InChI=1S/C12H12ClN3OS2/c1-7-5-18-12(15-7)19-6-11(17)16-10-3-2-8(14)4-9(10)13/h2-5H,6,14H2,1H3,(H,16,17). The van der Waals surface area contributed by atoms with Gasteiger partial charge in [0.2, 0.25) is 5.91 Å². The first-order valence-corrected chi connectivity index (χ1v) is 7.69. The third-order valence-corrected chi connectivity index (χ3v) is 4.64. The fraction of sp³-hybridized carbons (Fsp3) is 0.167. The Morgan fingerprint density at radius 1 is 1.58 bits per heavy atom. The van der Waals surface area contributed by atoms with Gasteiger partial charge in [-0.05, 0) is 25.1 Å². The van der Waals surface area contributed by atoms with Gasteiger partial charge < -0.3 is 11.1 Å². The zero-order chi connectivity index (χ0) is 13.8. The number of nitrogens with one attached hydrogen (secondary N) is 1. The molecule has 1 heterocycles. The summed E-state index contributed by atoms with van der Waals surface area (Å²) in [7, 11) is 0. The van der Waals surface area contributed by atoms with Crippen LogP contribution in [0, 0.1) is 6.92 Å². The van der Waals surface area contributed by atoms with Crippen LogP contribution in [0.1, 0.15) is 5.69 Å². The van der Waals surface area contributed by atoms with Crippen molar-refractivity contribution in [3.05, 3.63) is 34.3 Å². The van der Waals surface area contributed by atoms with Crippen molar-refractivity contribution in [2.24, 2.45) is 0 Å². The van der Waals surface area contributed by atoms with Crippen molar-refractivity contribution in [1.82, 2.24) is 4.98 Å². The van der Waals surface area contributed by atoms with Gasteiger partial charge >= 0.3 is 0 Å². The molecule has 0 saturated heterocycles. The number of amides is 1. The number of carbonyl (C=O) groups excluding carboxylic acids is 1. The molecule has 0 bridgehead atoms. The number of thioether (sulfide) groups is 1. The summed E-state index contributed by atoms with van der Waals surface area (Å²) in [5.74, 6) is 0.178. The van der Waals surface area contributed by atoms with Crippen LogP contribution in [0.25, 0.3) is 0 Å². The predicted octanol–water partition coefficient (Wildman–Crippen LogP) is 3.42. The molecule has 1 aromatic heterocycles. The Labute approximate surface area is 124 Å². The van der Waals surface area contributed by atoms with Crippen molar-refractivity contribution in [3.63, 3.8) is 0 Å². The van der Waals surface area contributed by atoms with Crippen LogP contribution < -0.4 is 11.1 Å². The number of rotatable bonds is 4. The number of aryl methyl sites for hydroxylation is 1. The minimum absolute atomic E-state index is 0.121. The Balaban J connectivity index is 1.90. The van der Waals surface area contributed by atoms with Crippen molar-refractivity contribution < 1.29 is 4.79 Å². The second-order valence-electron chi connectivity index (χ2n) is 3.83. The van der Waals surface area contributed by atoms with Crippen LogP contribution in [0.3, 0.4) is 0 Å². The number of hydrogen-bond donors (Lipinski definition) is 2. The topological polar surface area (TPSA) is 68.0 Å². The average molecular weight is 314 g/mol. The lowest BCUT2D eigenvalue weighted by Crippen LogP contribution is -2.14. The van der Waals surface area contributed by atoms with E-state index >= 15 is 0 Å². The van der Waals surface area contributed by atoms with E-state index in [0.29, 0.717) is 22.2 Å². The van der Waals surface area contributed by atoms with Crippen LogP contribution in [-0.4, -0.2) is 16.6 Å². The smallest absolute Gasteiger partial charge is 0.234 e. The summed E-state index contributed by atoms with van der Waals surface area (Å²) in [4.78, 5) is 16.1. The number of anilines is 2. The highest BCUT2D eigenvalue weighted by molar-refractivity contribution is 8.01. The fourth-order valence-electron chi connectivity index (χ4n) is 1.34. The van der Waals surface area contributed by atoms with E-state index < -0.39 is 0 Å². The summed E-state index contributed by atoms with van der Waals surface area (Å²) < 4.78 is 0.885. The van der Waals surface area contributed by atoms with E-state index in [9.17, 15) is 4.79 Å². The van der Waals surface area contributed by atoms with Gasteiger partial charge in [0, 0.05) is 16.8 Å². The van der Waals surface area contributed by atoms with Gasteiger partial charge in [-0.3, -0.25) is 4.79 Å². The number of thiazole rings is 1. The molecule has 0 fully saturated rings. The lowest BCUT2D eigenvalue weighted by Gasteiger charge is -2.07. The van der Waals surface area contributed by atoms with Gasteiger partial charge in [0.15, 0.2) is 4.34 Å². The minimum atomic E-state index is -0.121. The second-order valence-corrected chi connectivity index (χ2v) is 6.32. The molecule has 0 radical (unpaired) electrons.